The van der Waals surface area contributed by atoms with E-state index >= 15 is 0 Å². The Labute approximate surface area is 89.7 Å². The van der Waals surface area contributed by atoms with Crippen LogP contribution in [-0.2, 0) is 4.74 Å². The fraction of sp³-hybridized carbons (Fsp3) is 0.545. The predicted molar refractivity (Wildman–Crippen MR) is 58.3 cm³/mol. The molecule has 15 heavy (non-hydrogen) atoms. The summed E-state index contributed by atoms with van der Waals surface area (Å²) in [4.78, 5) is 3.47. The normalized spacial score (nSPS) is 10.7. The van der Waals surface area contributed by atoms with Crippen LogP contribution >= 0.6 is 0 Å². The summed E-state index contributed by atoms with van der Waals surface area (Å²) in [6.45, 7) is 6.27. The maximum Gasteiger partial charge on any atom is 0.214 e. The molecule has 84 valence electrons. The summed E-state index contributed by atoms with van der Waals surface area (Å²) in [7, 11) is 0. The molecule has 0 aliphatic rings. The van der Waals surface area contributed by atoms with Crippen molar-refractivity contribution >= 4 is 5.69 Å². The Bertz CT molecular complexity index is 292. The third kappa shape index (κ3) is 5.32. The van der Waals surface area contributed by atoms with Gasteiger partial charge >= 0.3 is 0 Å². The van der Waals surface area contributed by atoms with Gasteiger partial charge in [0.1, 0.15) is 0 Å². The van der Waals surface area contributed by atoms with E-state index in [0.717, 1.165) is 12.3 Å². The quantitative estimate of drug-likeness (QED) is 0.580. The molecule has 1 aromatic rings. The molecule has 0 bridgehead atoms. The van der Waals surface area contributed by atoms with Gasteiger partial charge in [-0.3, -0.25) is 0 Å². The SMILES string of the molecule is CC(C)COCCNc1ccnc(F)c1. The first kappa shape index (κ1) is 11.9. The standard InChI is InChI=1S/C11H17FN2O/c1-9(2)8-15-6-5-13-10-3-4-14-11(12)7-10/h3-4,7,9H,5-6,8H2,1-2H3,(H,13,14). The van der Waals surface area contributed by atoms with Crippen LogP contribution in [0.25, 0.3) is 0 Å². The Morgan fingerprint density at radius 3 is 3.00 bits per heavy atom. The van der Waals surface area contributed by atoms with Gasteiger partial charge in [0.25, 0.3) is 0 Å². The second kappa shape index (κ2) is 6.35. The van der Waals surface area contributed by atoms with Crippen LogP contribution in [0.1, 0.15) is 13.8 Å². The average molecular weight is 212 g/mol. The summed E-state index contributed by atoms with van der Waals surface area (Å²) < 4.78 is 18.0. The molecule has 0 radical (unpaired) electrons. The van der Waals surface area contributed by atoms with Crippen molar-refractivity contribution in [1.82, 2.24) is 4.98 Å². The lowest BCUT2D eigenvalue weighted by Gasteiger charge is -2.08. The lowest BCUT2D eigenvalue weighted by atomic mass is 10.2. The van der Waals surface area contributed by atoms with E-state index in [2.05, 4.69) is 24.1 Å². The second-order valence-corrected chi connectivity index (χ2v) is 3.76. The number of hydrogen-bond acceptors (Lipinski definition) is 3. The number of aromatic nitrogens is 1. The van der Waals surface area contributed by atoms with E-state index in [1.54, 1.807) is 6.07 Å². The van der Waals surface area contributed by atoms with Gasteiger partial charge < -0.3 is 10.1 Å². The van der Waals surface area contributed by atoms with Crippen LogP contribution in [0.3, 0.4) is 0 Å². The summed E-state index contributed by atoms with van der Waals surface area (Å²) in [5, 5.41) is 3.05. The van der Waals surface area contributed by atoms with Crippen molar-refractivity contribution in [3.05, 3.63) is 24.3 Å². The smallest absolute Gasteiger partial charge is 0.214 e. The number of pyridine rings is 1. The molecule has 0 atom stereocenters. The van der Waals surface area contributed by atoms with Gasteiger partial charge in [-0.2, -0.15) is 4.39 Å². The number of ether oxygens (including phenoxy) is 1. The summed E-state index contributed by atoms with van der Waals surface area (Å²) >= 11 is 0. The monoisotopic (exact) mass is 212 g/mol. The lowest BCUT2D eigenvalue weighted by Crippen LogP contribution is -2.12. The largest absolute Gasteiger partial charge is 0.383 e. The Hall–Kier alpha value is -1.16. The Morgan fingerprint density at radius 2 is 2.33 bits per heavy atom. The summed E-state index contributed by atoms with van der Waals surface area (Å²) in [6, 6.07) is 3.09. The molecule has 0 aliphatic carbocycles. The minimum absolute atomic E-state index is 0.469. The zero-order chi connectivity index (χ0) is 11.1. The van der Waals surface area contributed by atoms with E-state index in [9.17, 15) is 4.39 Å². The second-order valence-electron chi connectivity index (χ2n) is 3.76. The average Bonchev–Trinajstić information content (AvgIpc) is 2.17. The topological polar surface area (TPSA) is 34.1 Å². The highest BCUT2D eigenvalue weighted by molar-refractivity contribution is 5.40. The van der Waals surface area contributed by atoms with Gasteiger partial charge in [0, 0.05) is 31.1 Å². The molecule has 3 nitrogen and oxygen atoms in total. The molecular weight excluding hydrogens is 195 g/mol. The minimum atomic E-state index is -0.469. The van der Waals surface area contributed by atoms with Gasteiger partial charge in [-0.25, -0.2) is 4.98 Å². The highest BCUT2D eigenvalue weighted by Gasteiger charge is 1.96. The molecule has 4 heteroatoms. The third-order valence-electron chi connectivity index (χ3n) is 1.75. The van der Waals surface area contributed by atoms with Crippen molar-refractivity contribution in [3.63, 3.8) is 0 Å². The van der Waals surface area contributed by atoms with Crippen molar-refractivity contribution in [2.24, 2.45) is 5.92 Å². The molecule has 1 N–H and O–H groups in total. The summed E-state index contributed by atoms with van der Waals surface area (Å²) in [5.74, 6) is 0.0754. The first-order valence-corrected chi connectivity index (χ1v) is 5.11. The van der Waals surface area contributed by atoms with Crippen LogP contribution in [-0.4, -0.2) is 24.7 Å². The van der Waals surface area contributed by atoms with Crippen LogP contribution in [0.4, 0.5) is 10.1 Å². The molecule has 0 unspecified atom stereocenters. The number of nitrogens with one attached hydrogen (secondary N) is 1. The maximum absolute atomic E-state index is 12.7. The third-order valence-corrected chi connectivity index (χ3v) is 1.75. The number of rotatable bonds is 6. The van der Waals surface area contributed by atoms with E-state index in [1.807, 2.05) is 0 Å². The fourth-order valence-corrected chi connectivity index (χ4v) is 1.10. The van der Waals surface area contributed by atoms with Gasteiger partial charge in [0.15, 0.2) is 0 Å². The molecule has 1 aromatic heterocycles. The van der Waals surface area contributed by atoms with Crippen molar-refractivity contribution in [1.29, 1.82) is 0 Å². The molecular formula is C11H17FN2O. The molecule has 1 heterocycles. The van der Waals surface area contributed by atoms with Crippen LogP contribution in [0.5, 0.6) is 0 Å². The Morgan fingerprint density at radius 1 is 1.53 bits per heavy atom. The lowest BCUT2D eigenvalue weighted by molar-refractivity contribution is 0.118. The molecule has 0 saturated heterocycles. The Balaban J connectivity index is 2.15. The molecule has 0 amide bonds. The zero-order valence-electron chi connectivity index (χ0n) is 9.16. The number of halogens is 1. The molecule has 0 aromatic carbocycles. The van der Waals surface area contributed by atoms with Gasteiger partial charge in [0.2, 0.25) is 5.95 Å². The van der Waals surface area contributed by atoms with Crippen LogP contribution < -0.4 is 5.32 Å². The van der Waals surface area contributed by atoms with Crippen molar-refractivity contribution in [2.75, 3.05) is 25.1 Å². The van der Waals surface area contributed by atoms with E-state index < -0.39 is 5.95 Å². The molecule has 1 rings (SSSR count). The molecule has 0 spiro atoms. The van der Waals surface area contributed by atoms with E-state index in [4.69, 9.17) is 4.74 Å². The zero-order valence-corrected chi connectivity index (χ0v) is 9.16. The maximum atomic E-state index is 12.7. The summed E-state index contributed by atoms with van der Waals surface area (Å²) in [6.07, 6.45) is 1.44. The molecule has 0 fully saturated rings. The first-order valence-electron chi connectivity index (χ1n) is 5.11. The molecule has 0 saturated carbocycles. The van der Waals surface area contributed by atoms with Crippen LogP contribution in [0, 0.1) is 11.9 Å². The van der Waals surface area contributed by atoms with Crippen LogP contribution in [0.2, 0.25) is 0 Å². The fourth-order valence-electron chi connectivity index (χ4n) is 1.10. The van der Waals surface area contributed by atoms with E-state index in [-0.39, 0.29) is 0 Å². The van der Waals surface area contributed by atoms with Gasteiger partial charge in [0.05, 0.1) is 6.61 Å². The summed E-state index contributed by atoms with van der Waals surface area (Å²) in [5.41, 5.74) is 0.732. The predicted octanol–water partition coefficient (Wildman–Crippen LogP) is 2.31. The van der Waals surface area contributed by atoms with Crippen LogP contribution in [0.15, 0.2) is 18.3 Å². The van der Waals surface area contributed by atoms with E-state index in [0.29, 0.717) is 19.1 Å². The van der Waals surface area contributed by atoms with Crippen molar-refractivity contribution < 1.29 is 9.13 Å². The number of nitrogens with zero attached hydrogens (tertiary/aromatic N) is 1. The highest BCUT2D eigenvalue weighted by Crippen LogP contribution is 2.05. The van der Waals surface area contributed by atoms with Crippen molar-refractivity contribution in [3.8, 4) is 0 Å². The van der Waals surface area contributed by atoms with Gasteiger partial charge in [-0.05, 0) is 12.0 Å². The Kier molecular flexibility index (Phi) is 5.04. The number of hydrogen-bond donors (Lipinski definition) is 1. The number of anilines is 1. The van der Waals surface area contributed by atoms with E-state index in [1.165, 1.54) is 12.3 Å². The van der Waals surface area contributed by atoms with Crippen molar-refractivity contribution in [2.45, 2.75) is 13.8 Å². The van der Waals surface area contributed by atoms with Gasteiger partial charge in [-0.15, -0.1) is 0 Å². The van der Waals surface area contributed by atoms with Gasteiger partial charge in [-0.1, -0.05) is 13.8 Å². The highest BCUT2D eigenvalue weighted by atomic mass is 19.1. The molecule has 0 aliphatic heterocycles. The first-order chi connectivity index (χ1) is 7.18. The minimum Gasteiger partial charge on any atom is -0.383 e.